The maximum atomic E-state index is 12.5. The molecule has 0 spiro atoms. The molecule has 0 aliphatic rings. The van der Waals surface area contributed by atoms with E-state index in [1.54, 1.807) is 17.6 Å². The second kappa shape index (κ2) is 6.04. The fraction of sp³-hybridized carbons (Fsp3) is 0.250. The third kappa shape index (κ3) is 2.73. The van der Waals surface area contributed by atoms with Gasteiger partial charge in [-0.3, -0.25) is 13.9 Å². The highest BCUT2D eigenvalue weighted by atomic mass is 16.2. The summed E-state index contributed by atoms with van der Waals surface area (Å²) in [5, 5.41) is 10.4. The minimum atomic E-state index is -0.276. The number of carbonyl (C=O) groups excluding carboxylic acids is 1. The van der Waals surface area contributed by atoms with Gasteiger partial charge in [-0.25, -0.2) is 4.79 Å². The normalized spacial score (nSPS) is 10.9. The van der Waals surface area contributed by atoms with Gasteiger partial charge in [0, 0.05) is 6.54 Å². The molecule has 0 saturated carbocycles. The fourth-order valence-corrected chi connectivity index (χ4v) is 2.60. The van der Waals surface area contributed by atoms with Gasteiger partial charge in [0.1, 0.15) is 6.54 Å². The fourth-order valence-electron chi connectivity index (χ4n) is 2.60. The number of anilines is 1. The summed E-state index contributed by atoms with van der Waals surface area (Å²) in [5.41, 5.74) is 2.61. The van der Waals surface area contributed by atoms with Crippen LogP contribution in [0.2, 0.25) is 0 Å². The van der Waals surface area contributed by atoms with Gasteiger partial charge in [0.2, 0.25) is 5.91 Å². The van der Waals surface area contributed by atoms with Crippen LogP contribution in [-0.4, -0.2) is 25.2 Å². The summed E-state index contributed by atoms with van der Waals surface area (Å²) in [6.45, 7) is 4.18. The molecule has 0 atom stereocenters. The second-order valence-corrected chi connectivity index (χ2v) is 5.18. The molecule has 0 aliphatic carbocycles. The average molecular weight is 311 g/mol. The van der Waals surface area contributed by atoms with Crippen LogP contribution in [0.15, 0.2) is 41.3 Å². The van der Waals surface area contributed by atoms with E-state index in [0.29, 0.717) is 17.9 Å². The SMILES string of the molecule is CCn1c(=O)n(CC(=O)Nc2ccnnc2C)c2ccccc21. The quantitative estimate of drug-likeness (QED) is 0.793. The van der Waals surface area contributed by atoms with Crippen LogP contribution in [0.1, 0.15) is 12.6 Å². The molecule has 1 N–H and O–H groups in total. The molecule has 0 saturated heterocycles. The Balaban J connectivity index is 1.93. The van der Waals surface area contributed by atoms with Gasteiger partial charge in [0.05, 0.1) is 28.6 Å². The number of nitrogens with one attached hydrogen (secondary N) is 1. The number of hydrogen-bond donors (Lipinski definition) is 1. The Morgan fingerprint density at radius 1 is 1.17 bits per heavy atom. The van der Waals surface area contributed by atoms with Crippen LogP contribution >= 0.6 is 0 Å². The number of aromatic nitrogens is 4. The second-order valence-electron chi connectivity index (χ2n) is 5.18. The number of amides is 1. The van der Waals surface area contributed by atoms with Gasteiger partial charge in [-0.2, -0.15) is 10.2 Å². The van der Waals surface area contributed by atoms with Crippen molar-refractivity contribution in [2.24, 2.45) is 0 Å². The standard InChI is InChI=1S/C16H17N5O2/c1-3-20-13-6-4-5-7-14(13)21(16(20)23)10-15(22)18-12-8-9-17-19-11(12)2/h4-9H,3,10H2,1-2H3,(H,17,18,22). The number of imidazole rings is 1. The molecule has 23 heavy (non-hydrogen) atoms. The summed E-state index contributed by atoms with van der Waals surface area (Å²) < 4.78 is 3.14. The van der Waals surface area contributed by atoms with Crippen molar-refractivity contribution < 1.29 is 4.79 Å². The van der Waals surface area contributed by atoms with Crippen molar-refractivity contribution >= 4 is 22.6 Å². The zero-order valence-electron chi connectivity index (χ0n) is 13.0. The molecular weight excluding hydrogens is 294 g/mol. The molecule has 0 bridgehead atoms. The molecule has 0 unspecified atom stereocenters. The van der Waals surface area contributed by atoms with E-state index in [9.17, 15) is 9.59 Å². The van der Waals surface area contributed by atoms with E-state index in [1.165, 1.54) is 10.8 Å². The van der Waals surface area contributed by atoms with Crippen LogP contribution in [0.4, 0.5) is 5.69 Å². The summed E-state index contributed by atoms with van der Waals surface area (Å²) in [6, 6.07) is 9.14. The van der Waals surface area contributed by atoms with E-state index in [4.69, 9.17) is 0 Å². The summed E-state index contributed by atoms with van der Waals surface area (Å²) in [4.78, 5) is 24.8. The summed E-state index contributed by atoms with van der Waals surface area (Å²) in [7, 11) is 0. The van der Waals surface area contributed by atoms with Crippen molar-refractivity contribution in [3.63, 3.8) is 0 Å². The van der Waals surface area contributed by atoms with Crippen molar-refractivity contribution in [2.45, 2.75) is 26.9 Å². The van der Waals surface area contributed by atoms with E-state index in [0.717, 1.165) is 11.0 Å². The summed E-state index contributed by atoms with van der Waals surface area (Å²) in [6.07, 6.45) is 1.51. The Morgan fingerprint density at radius 2 is 1.87 bits per heavy atom. The van der Waals surface area contributed by atoms with Gasteiger partial charge in [-0.15, -0.1) is 0 Å². The van der Waals surface area contributed by atoms with Gasteiger partial charge < -0.3 is 5.32 Å². The third-order valence-electron chi connectivity index (χ3n) is 3.72. The molecule has 118 valence electrons. The van der Waals surface area contributed by atoms with E-state index in [2.05, 4.69) is 15.5 Å². The Hall–Kier alpha value is -2.96. The minimum absolute atomic E-state index is 0.0475. The average Bonchev–Trinajstić information content (AvgIpc) is 2.81. The Morgan fingerprint density at radius 3 is 2.52 bits per heavy atom. The van der Waals surface area contributed by atoms with Crippen LogP contribution in [-0.2, 0) is 17.9 Å². The van der Waals surface area contributed by atoms with Crippen LogP contribution in [0.3, 0.4) is 0 Å². The largest absolute Gasteiger partial charge is 0.329 e. The third-order valence-corrected chi connectivity index (χ3v) is 3.72. The van der Waals surface area contributed by atoms with Crippen LogP contribution in [0.25, 0.3) is 11.0 Å². The van der Waals surface area contributed by atoms with E-state index in [1.807, 2.05) is 31.2 Å². The lowest BCUT2D eigenvalue weighted by atomic mass is 10.3. The molecule has 2 heterocycles. The number of carbonyl (C=O) groups is 1. The monoisotopic (exact) mass is 311 g/mol. The van der Waals surface area contributed by atoms with Gasteiger partial charge in [0.15, 0.2) is 0 Å². The van der Waals surface area contributed by atoms with Crippen LogP contribution < -0.4 is 11.0 Å². The van der Waals surface area contributed by atoms with Crippen LogP contribution in [0.5, 0.6) is 0 Å². The first-order valence-electron chi connectivity index (χ1n) is 7.38. The smallest absolute Gasteiger partial charge is 0.323 e. The molecule has 1 aromatic carbocycles. The Bertz CT molecular complexity index is 926. The van der Waals surface area contributed by atoms with Gasteiger partial charge >= 0.3 is 5.69 Å². The van der Waals surface area contributed by atoms with Crippen molar-refractivity contribution in [3.8, 4) is 0 Å². The molecule has 2 aromatic heterocycles. The number of fused-ring (bicyclic) bond motifs is 1. The molecule has 0 radical (unpaired) electrons. The topological polar surface area (TPSA) is 81.8 Å². The summed E-state index contributed by atoms with van der Waals surface area (Å²) in [5.74, 6) is -0.276. The van der Waals surface area contributed by atoms with Crippen molar-refractivity contribution in [2.75, 3.05) is 5.32 Å². The molecule has 3 aromatic rings. The molecule has 7 nitrogen and oxygen atoms in total. The lowest BCUT2D eigenvalue weighted by Gasteiger charge is -2.07. The Kier molecular flexibility index (Phi) is 3.92. The molecule has 7 heteroatoms. The highest BCUT2D eigenvalue weighted by Gasteiger charge is 2.14. The first kappa shape index (κ1) is 15.0. The van der Waals surface area contributed by atoms with E-state index < -0.39 is 0 Å². The highest BCUT2D eigenvalue weighted by molar-refractivity contribution is 5.92. The molecular formula is C16H17N5O2. The van der Waals surface area contributed by atoms with Crippen molar-refractivity contribution in [1.29, 1.82) is 0 Å². The molecule has 3 rings (SSSR count). The molecule has 1 amide bonds. The van der Waals surface area contributed by atoms with Crippen molar-refractivity contribution in [3.05, 3.63) is 52.7 Å². The lowest BCUT2D eigenvalue weighted by molar-refractivity contribution is -0.116. The van der Waals surface area contributed by atoms with Gasteiger partial charge in [0.25, 0.3) is 0 Å². The van der Waals surface area contributed by atoms with E-state index in [-0.39, 0.29) is 18.1 Å². The minimum Gasteiger partial charge on any atom is -0.323 e. The lowest BCUT2D eigenvalue weighted by Crippen LogP contribution is -2.29. The number of nitrogens with zero attached hydrogens (tertiary/aromatic N) is 4. The van der Waals surface area contributed by atoms with Crippen molar-refractivity contribution in [1.82, 2.24) is 19.3 Å². The first-order valence-corrected chi connectivity index (χ1v) is 7.38. The predicted molar refractivity (Wildman–Crippen MR) is 87.3 cm³/mol. The number of benzene rings is 1. The van der Waals surface area contributed by atoms with Gasteiger partial charge in [-0.05, 0) is 32.0 Å². The van der Waals surface area contributed by atoms with E-state index >= 15 is 0 Å². The van der Waals surface area contributed by atoms with Crippen LogP contribution in [0, 0.1) is 6.92 Å². The number of hydrogen-bond acceptors (Lipinski definition) is 4. The Labute approximate surface area is 132 Å². The highest BCUT2D eigenvalue weighted by Crippen LogP contribution is 2.13. The zero-order chi connectivity index (χ0) is 16.4. The first-order chi connectivity index (χ1) is 11.1. The number of aryl methyl sites for hydroxylation is 2. The number of para-hydroxylation sites is 2. The maximum absolute atomic E-state index is 12.5. The van der Waals surface area contributed by atoms with Gasteiger partial charge in [-0.1, -0.05) is 12.1 Å². The predicted octanol–water partition coefficient (Wildman–Crippen LogP) is 1.56. The number of rotatable bonds is 4. The molecule has 0 fully saturated rings. The maximum Gasteiger partial charge on any atom is 0.329 e. The molecule has 0 aliphatic heterocycles. The zero-order valence-corrected chi connectivity index (χ0v) is 13.0. The summed E-state index contributed by atoms with van der Waals surface area (Å²) >= 11 is 0.